The van der Waals surface area contributed by atoms with E-state index in [0.717, 1.165) is 11.8 Å². The molecule has 0 aromatic heterocycles. The summed E-state index contributed by atoms with van der Waals surface area (Å²) >= 11 is 0.992. The van der Waals surface area contributed by atoms with Crippen LogP contribution >= 0.6 is 11.8 Å². The maximum absolute atomic E-state index is 11.3. The Kier molecular flexibility index (Phi) is 5.54. The number of carboxylic acid groups (broad SMARTS) is 1. The van der Waals surface area contributed by atoms with Crippen molar-refractivity contribution in [1.82, 2.24) is 0 Å². The van der Waals surface area contributed by atoms with Crippen molar-refractivity contribution in [2.75, 3.05) is 7.11 Å². The molecule has 8 heteroatoms. The molecule has 2 aromatic carbocycles. The molecule has 0 saturated heterocycles. The number of methoxy groups -OCH3 is 1. The second-order valence-electron chi connectivity index (χ2n) is 4.72. The van der Waals surface area contributed by atoms with E-state index in [1.165, 1.54) is 25.3 Å². The topological polar surface area (TPSA) is 107 Å². The maximum Gasteiger partial charge on any atom is 0.336 e. The maximum atomic E-state index is 11.3. The number of aromatic carboxylic acids is 1. The number of rotatable bonds is 6. The number of ether oxygens (including phenoxy) is 1. The molecule has 0 saturated carbocycles. The van der Waals surface area contributed by atoms with Crippen LogP contribution in [0.2, 0.25) is 0 Å². The zero-order valence-corrected chi connectivity index (χ0v) is 13.4. The van der Waals surface area contributed by atoms with Crippen LogP contribution in [0, 0.1) is 10.1 Å². The first-order valence-corrected chi connectivity index (χ1v) is 7.58. The number of hydrogen-bond acceptors (Lipinski definition) is 6. The van der Waals surface area contributed by atoms with E-state index in [0.29, 0.717) is 15.4 Å². The Morgan fingerprint density at radius 3 is 2.54 bits per heavy atom. The van der Waals surface area contributed by atoms with E-state index in [1.54, 1.807) is 24.3 Å². The number of nitrogens with zero attached hydrogens (tertiary/aromatic N) is 1. The Bertz CT molecular complexity index is 805. The smallest absolute Gasteiger partial charge is 0.336 e. The molecule has 0 fully saturated rings. The SMILES string of the molecule is COC(=O)Cc1ccc(Sc2ccccc2C(=O)O)c([N+](=O)[O-])c1. The first-order chi connectivity index (χ1) is 11.4. The van der Waals surface area contributed by atoms with E-state index < -0.39 is 16.9 Å². The number of hydrogen-bond donors (Lipinski definition) is 1. The molecule has 0 heterocycles. The molecule has 2 aromatic rings. The molecule has 24 heavy (non-hydrogen) atoms. The number of nitro benzene ring substituents is 1. The number of carbonyl (C=O) groups is 2. The van der Waals surface area contributed by atoms with Gasteiger partial charge in [0.25, 0.3) is 5.69 Å². The van der Waals surface area contributed by atoms with Crippen molar-refractivity contribution in [3.8, 4) is 0 Å². The summed E-state index contributed by atoms with van der Waals surface area (Å²) in [5, 5.41) is 20.5. The summed E-state index contributed by atoms with van der Waals surface area (Å²) in [5.41, 5.74) is 0.321. The third-order valence-electron chi connectivity index (χ3n) is 3.13. The average molecular weight is 347 g/mol. The third-order valence-corrected chi connectivity index (χ3v) is 4.27. The second kappa shape index (κ2) is 7.60. The fourth-order valence-electron chi connectivity index (χ4n) is 1.99. The van der Waals surface area contributed by atoms with Crippen LogP contribution in [0.5, 0.6) is 0 Å². The molecule has 0 spiro atoms. The minimum absolute atomic E-state index is 0.0652. The molecule has 7 nitrogen and oxygen atoms in total. The molecule has 0 atom stereocenters. The van der Waals surface area contributed by atoms with Crippen molar-refractivity contribution >= 4 is 29.4 Å². The van der Waals surface area contributed by atoms with E-state index in [9.17, 15) is 24.8 Å². The van der Waals surface area contributed by atoms with Gasteiger partial charge in [-0.25, -0.2) is 4.79 Å². The Balaban J connectivity index is 2.39. The van der Waals surface area contributed by atoms with Crippen LogP contribution in [0.3, 0.4) is 0 Å². The summed E-state index contributed by atoms with van der Waals surface area (Å²) in [5.74, 6) is -1.61. The molecule has 124 valence electrons. The highest BCUT2D eigenvalue weighted by Crippen LogP contribution is 2.37. The van der Waals surface area contributed by atoms with Gasteiger partial charge in [-0.05, 0) is 23.8 Å². The van der Waals surface area contributed by atoms with E-state index in [-0.39, 0.29) is 17.7 Å². The first kappa shape index (κ1) is 17.5. The van der Waals surface area contributed by atoms with Crippen LogP contribution in [-0.4, -0.2) is 29.1 Å². The van der Waals surface area contributed by atoms with Crippen LogP contribution < -0.4 is 0 Å². The lowest BCUT2D eigenvalue weighted by molar-refractivity contribution is -0.387. The van der Waals surface area contributed by atoms with E-state index >= 15 is 0 Å². The molecular formula is C16H13NO6S. The van der Waals surface area contributed by atoms with Crippen LogP contribution in [0.1, 0.15) is 15.9 Å². The molecule has 0 bridgehead atoms. The van der Waals surface area contributed by atoms with Crippen molar-refractivity contribution in [2.24, 2.45) is 0 Å². The summed E-state index contributed by atoms with van der Waals surface area (Å²) in [6.07, 6.45) is -0.0754. The highest BCUT2D eigenvalue weighted by molar-refractivity contribution is 7.99. The number of carboxylic acids is 1. The van der Waals surface area contributed by atoms with E-state index in [2.05, 4.69) is 4.74 Å². The molecule has 2 rings (SSSR count). The summed E-state index contributed by atoms with van der Waals surface area (Å²) < 4.78 is 4.54. The summed E-state index contributed by atoms with van der Waals surface area (Å²) in [7, 11) is 1.24. The Hall–Kier alpha value is -2.87. The van der Waals surface area contributed by atoms with Gasteiger partial charge in [-0.1, -0.05) is 30.0 Å². The minimum atomic E-state index is -1.11. The highest BCUT2D eigenvalue weighted by Gasteiger charge is 2.19. The lowest BCUT2D eigenvalue weighted by atomic mass is 10.1. The molecule has 1 N–H and O–H groups in total. The van der Waals surface area contributed by atoms with Crippen LogP contribution in [0.4, 0.5) is 5.69 Å². The highest BCUT2D eigenvalue weighted by atomic mass is 32.2. The van der Waals surface area contributed by atoms with Crippen molar-refractivity contribution < 1.29 is 24.4 Å². The van der Waals surface area contributed by atoms with Crippen molar-refractivity contribution in [3.63, 3.8) is 0 Å². The molecule has 0 radical (unpaired) electrons. The number of benzene rings is 2. The summed E-state index contributed by atoms with van der Waals surface area (Å²) in [6.45, 7) is 0. The minimum Gasteiger partial charge on any atom is -0.478 e. The predicted octanol–water partition coefficient (Wildman–Crippen LogP) is 3.16. The average Bonchev–Trinajstić information content (AvgIpc) is 2.56. The van der Waals surface area contributed by atoms with Gasteiger partial charge >= 0.3 is 11.9 Å². The van der Waals surface area contributed by atoms with Gasteiger partial charge in [-0.3, -0.25) is 14.9 Å². The van der Waals surface area contributed by atoms with Crippen LogP contribution in [0.15, 0.2) is 52.3 Å². The van der Waals surface area contributed by atoms with Crippen LogP contribution in [0.25, 0.3) is 0 Å². The van der Waals surface area contributed by atoms with Gasteiger partial charge in [0.05, 0.1) is 28.9 Å². The molecule has 0 aliphatic heterocycles. The van der Waals surface area contributed by atoms with Crippen molar-refractivity contribution in [2.45, 2.75) is 16.2 Å². The monoisotopic (exact) mass is 347 g/mol. The molecule has 0 amide bonds. The fourth-order valence-corrected chi connectivity index (χ4v) is 3.01. The Morgan fingerprint density at radius 1 is 1.21 bits per heavy atom. The van der Waals surface area contributed by atoms with Gasteiger partial charge in [-0.2, -0.15) is 0 Å². The van der Waals surface area contributed by atoms with Gasteiger partial charge in [0.15, 0.2) is 0 Å². The van der Waals surface area contributed by atoms with Gasteiger partial charge in [0, 0.05) is 11.0 Å². The first-order valence-electron chi connectivity index (χ1n) is 6.76. The third kappa shape index (κ3) is 4.11. The molecule has 0 unspecified atom stereocenters. The number of esters is 1. The zero-order chi connectivity index (χ0) is 17.7. The molecular weight excluding hydrogens is 334 g/mol. The van der Waals surface area contributed by atoms with Crippen LogP contribution in [-0.2, 0) is 16.0 Å². The van der Waals surface area contributed by atoms with E-state index in [4.69, 9.17) is 0 Å². The van der Waals surface area contributed by atoms with Gasteiger partial charge in [0.2, 0.25) is 0 Å². The molecule has 0 aliphatic rings. The molecule has 0 aliphatic carbocycles. The lowest BCUT2D eigenvalue weighted by Gasteiger charge is -2.07. The number of nitro groups is 1. The van der Waals surface area contributed by atoms with E-state index in [1.807, 2.05) is 0 Å². The fraction of sp³-hybridized carbons (Fsp3) is 0.125. The Labute approximate surface area is 141 Å². The van der Waals surface area contributed by atoms with Gasteiger partial charge in [-0.15, -0.1) is 0 Å². The predicted molar refractivity (Wildman–Crippen MR) is 86.3 cm³/mol. The van der Waals surface area contributed by atoms with Gasteiger partial charge < -0.3 is 9.84 Å². The normalized spacial score (nSPS) is 10.2. The van der Waals surface area contributed by atoms with Gasteiger partial charge in [0.1, 0.15) is 0 Å². The summed E-state index contributed by atoms with van der Waals surface area (Å²) in [4.78, 5) is 34.0. The standard InChI is InChI=1S/C16H13NO6S/c1-23-15(18)9-10-6-7-14(12(8-10)17(21)22)24-13-5-3-2-4-11(13)16(19)20/h2-8H,9H2,1H3,(H,19,20). The lowest BCUT2D eigenvalue weighted by Crippen LogP contribution is -2.05. The largest absolute Gasteiger partial charge is 0.478 e. The second-order valence-corrected chi connectivity index (χ2v) is 5.80. The summed E-state index contributed by atoms with van der Waals surface area (Å²) in [6, 6.07) is 10.6. The zero-order valence-electron chi connectivity index (χ0n) is 12.6. The number of carbonyl (C=O) groups excluding carboxylic acids is 1. The Morgan fingerprint density at radius 2 is 1.92 bits per heavy atom. The van der Waals surface area contributed by atoms with Crippen molar-refractivity contribution in [1.29, 1.82) is 0 Å². The quantitative estimate of drug-likeness (QED) is 0.486. The van der Waals surface area contributed by atoms with Crippen molar-refractivity contribution in [3.05, 3.63) is 63.7 Å².